The molecule has 2 aromatic carbocycles. The zero-order valence-electron chi connectivity index (χ0n) is 17.2. The molecule has 1 atom stereocenters. The van der Waals surface area contributed by atoms with Crippen LogP contribution in [0.3, 0.4) is 0 Å². The van der Waals surface area contributed by atoms with Gasteiger partial charge >= 0.3 is 0 Å². The summed E-state index contributed by atoms with van der Waals surface area (Å²) >= 11 is 0. The van der Waals surface area contributed by atoms with E-state index in [2.05, 4.69) is 6.58 Å². The number of benzene rings is 2. The van der Waals surface area contributed by atoms with Crippen LogP contribution in [0.2, 0.25) is 0 Å². The standard InChI is InChI=1S/C24H26N2O4/c1-4-16-30-19-12-10-17(11-13-19)21-20(22(27)18-8-6-5-7-9-18)23(28)24(29)26(21)15-14-25(2)3/h4-13,21,27H,1,14-16H2,2-3H3/t21-/m1/s1. The Morgan fingerprint density at radius 3 is 2.40 bits per heavy atom. The predicted molar refractivity (Wildman–Crippen MR) is 116 cm³/mol. The van der Waals surface area contributed by atoms with Gasteiger partial charge in [-0.25, -0.2) is 0 Å². The second kappa shape index (κ2) is 9.41. The number of carbonyl (C=O) groups excluding carboxylic acids is 2. The Morgan fingerprint density at radius 2 is 1.80 bits per heavy atom. The first-order valence-electron chi connectivity index (χ1n) is 9.76. The summed E-state index contributed by atoms with van der Waals surface area (Å²) in [5.41, 5.74) is 1.33. The van der Waals surface area contributed by atoms with Gasteiger partial charge in [0.15, 0.2) is 0 Å². The van der Waals surface area contributed by atoms with Crippen molar-refractivity contribution in [2.45, 2.75) is 6.04 Å². The van der Waals surface area contributed by atoms with Gasteiger partial charge in [-0.2, -0.15) is 0 Å². The van der Waals surface area contributed by atoms with Crippen molar-refractivity contribution in [3.63, 3.8) is 0 Å². The summed E-state index contributed by atoms with van der Waals surface area (Å²) in [6.45, 7) is 4.97. The van der Waals surface area contributed by atoms with Crippen LogP contribution in [-0.2, 0) is 9.59 Å². The molecule has 6 nitrogen and oxygen atoms in total. The van der Waals surface area contributed by atoms with Crippen molar-refractivity contribution in [1.29, 1.82) is 0 Å². The number of aliphatic hydroxyl groups is 1. The number of carbonyl (C=O) groups is 2. The number of aliphatic hydroxyl groups excluding tert-OH is 1. The highest BCUT2D eigenvalue weighted by Crippen LogP contribution is 2.39. The molecule has 1 fully saturated rings. The number of rotatable bonds is 8. The fraction of sp³-hybridized carbons (Fsp3) is 0.250. The van der Waals surface area contributed by atoms with Crippen molar-refractivity contribution in [3.8, 4) is 5.75 Å². The third-order valence-corrected chi connectivity index (χ3v) is 4.94. The van der Waals surface area contributed by atoms with Crippen molar-refractivity contribution in [3.05, 3.63) is 84.0 Å². The largest absolute Gasteiger partial charge is 0.507 e. The summed E-state index contributed by atoms with van der Waals surface area (Å²) in [5, 5.41) is 10.9. The minimum absolute atomic E-state index is 0.102. The van der Waals surface area contributed by atoms with E-state index < -0.39 is 17.7 Å². The van der Waals surface area contributed by atoms with Crippen molar-refractivity contribution in [2.24, 2.45) is 0 Å². The van der Waals surface area contributed by atoms with E-state index in [1.165, 1.54) is 4.90 Å². The molecule has 0 aliphatic carbocycles. The van der Waals surface area contributed by atoms with E-state index >= 15 is 0 Å². The molecule has 1 heterocycles. The maximum Gasteiger partial charge on any atom is 0.295 e. The van der Waals surface area contributed by atoms with Gasteiger partial charge in [-0.3, -0.25) is 9.59 Å². The Bertz CT molecular complexity index is 949. The molecule has 3 rings (SSSR count). The molecule has 0 aromatic heterocycles. The first kappa shape index (κ1) is 21.3. The van der Waals surface area contributed by atoms with Gasteiger partial charge in [0.2, 0.25) is 0 Å². The molecule has 1 amide bonds. The van der Waals surface area contributed by atoms with Crippen molar-refractivity contribution < 1.29 is 19.4 Å². The average molecular weight is 406 g/mol. The zero-order valence-corrected chi connectivity index (χ0v) is 17.2. The fourth-order valence-corrected chi connectivity index (χ4v) is 3.42. The minimum Gasteiger partial charge on any atom is -0.507 e. The molecule has 1 N–H and O–H groups in total. The highest BCUT2D eigenvalue weighted by atomic mass is 16.5. The number of ether oxygens (including phenoxy) is 1. The van der Waals surface area contributed by atoms with Crippen molar-refractivity contribution in [2.75, 3.05) is 33.8 Å². The maximum atomic E-state index is 12.9. The molecular formula is C24H26N2O4. The van der Waals surface area contributed by atoms with Crippen LogP contribution >= 0.6 is 0 Å². The van der Waals surface area contributed by atoms with Crippen molar-refractivity contribution >= 4 is 17.4 Å². The monoisotopic (exact) mass is 406 g/mol. The molecule has 6 heteroatoms. The van der Waals surface area contributed by atoms with Crippen LogP contribution in [0.5, 0.6) is 5.75 Å². The smallest absolute Gasteiger partial charge is 0.295 e. The number of likely N-dealkylation sites (N-methyl/N-ethyl adjacent to an activating group) is 1. The van der Waals surface area contributed by atoms with E-state index in [9.17, 15) is 14.7 Å². The Hall–Kier alpha value is -3.38. The fourth-order valence-electron chi connectivity index (χ4n) is 3.42. The lowest BCUT2D eigenvalue weighted by Gasteiger charge is -2.26. The molecule has 1 aliphatic rings. The molecule has 2 aromatic rings. The highest BCUT2D eigenvalue weighted by molar-refractivity contribution is 6.46. The number of ketones is 1. The van der Waals surface area contributed by atoms with Gasteiger partial charge in [-0.05, 0) is 31.8 Å². The Balaban J connectivity index is 2.06. The normalized spacial score (nSPS) is 18.1. The number of likely N-dealkylation sites (tertiary alicyclic amines) is 1. The van der Waals surface area contributed by atoms with E-state index in [1.54, 1.807) is 42.5 Å². The summed E-state index contributed by atoms with van der Waals surface area (Å²) in [5.74, 6) is -0.788. The second-order valence-electron chi connectivity index (χ2n) is 7.33. The summed E-state index contributed by atoms with van der Waals surface area (Å²) in [6.07, 6.45) is 1.66. The minimum atomic E-state index is -0.674. The Labute approximate surface area is 176 Å². The number of nitrogens with zero attached hydrogens (tertiary/aromatic N) is 2. The maximum absolute atomic E-state index is 12.9. The van der Waals surface area contributed by atoms with Gasteiger partial charge in [0.25, 0.3) is 11.7 Å². The molecule has 0 saturated carbocycles. The first-order valence-corrected chi connectivity index (χ1v) is 9.76. The summed E-state index contributed by atoms with van der Waals surface area (Å²) in [7, 11) is 3.81. The topological polar surface area (TPSA) is 70.1 Å². The van der Waals surface area contributed by atoms with Crippen LogP contribution in [0.4, 0.5) is 0 Å². The van der Waals surface area contributed by atoms with Crippen LogP contribution < -0.4 is 4.74 Å². The Morgan fingerprint density at radius 1 is 1.13 bits per heavy atom. The number of amides is 1. The van der Waals surface area contributed by atoms with Crippen molar-refractivity contribution in [1.82, 2.24) is 9.80 Å². The van der Waals surface area contributed by atoms with Gasteiger partial charge in [-0.1, -0.05) is 55.1 Å². The SMILES string of the molecule is C=CCOc1ccc([C@@H]2C(=C(O)c3ccccc3)C(=O)C(=O)N2CCN(C)C)cc1. The molecule has 0 bridgehead atoms. The molecule has 1 aliphatic heterocycles. The third kappa shape index (κ3) is 4.44. The molecule has 156 valence electrons. The number of hydrogen-bond donors (Lipinski definition) is 1. The molecule has 30 heavy (non-hydrogen) atoms. The number of Topliss-reactive ketones (excluding diaryl/α,β-unsaturated/α-hetero) is 1. The third-order valence-electron chi connectivity index (χ3n) is 4.94. The molecule has 0 spiro atoms. The lowest BCUT2D eigenvalue weighted by Crippen LogP contribution is -2.35. The zero-order chi connectivity index (χ0) is 21.7. The summed E-state index contributed by atoms with van der Waals surface area (Å²) < 4.78 is 5.53. The van der Waals surface area contributed by atoms with Gasteiger partial charge in [0.1, 0.15) is 18.1 Å². The van der Waals surface area contributed by atoms with Gasteiger partial charge in [0, 0.05) is 18.7 Å². The first-order chi connectivity index (χ1) is 14.4. The molecule has 0 radical (unpaired) electrons. The lowest BCUT2D eigenvalue weighted by atomic mass is 9.95. The van der Waals surface area contributed by atoms with E-state index in [-0.39, 0.29) is 11.3 Å². The summed E-state index contributed by atoms with van der Waals surface area (Å²) in [4.78, 5) is 29.2. The summed E-state index contributed by atoms with van der Waals surface area (Å²) in [6, 6.07) is 15.3. The van der Waals surface area contributed by atoms with Crippen LogP contribution in [0, 0.1) is 0 Å². The van der Waals surface area contributed by atoms with Crippen LogP contribution in [-0.4, -0.2) is 60.4 Å². The second-order valence-corrected chi connectivity index (χ2v) is 7.33. The number of hydrogen-bond acceptors (Lipinski definition) is 5. The van der Waals surface area contributed by atoms with Gasteiger partial charge in [-0.15, -0.1) is 0 Å². The van der Waals surface area contributed by atoms with Crippen LogP contribution in [0.15, 0.2) is 72.8 Å². The highest BCUT2D eigenvalue weighted by Gasteiger charge is 2.45. The average Bonchev–Trinajstić information content (AvgIpc) is 3.01. The Kier molecular flexibility index (Phi) is 6.69. The van der Waals surface area contributed by atoms with E-state index in [0.29, 0.717) is 31.0 Å². The van der Waals surface area contributed by atoms with E-state index in [0.717, 1.165) is 5.56 Å². The van der Waals surface area contributed by atoms with E-state index in [4.69, 9.17) is 4.74 Å². The quantitative estimate of drug-likeness (QED) is 0.315. The molecular weight excluding hydrogens is 380 g/mol. The lowest BCUT2D eigenvalue weighted by molar-refractivity contribution is -0.140. The molecule has 1 saturated heterocycles. The van der Waals surface area contributed by atoms with Gasteiger partial charge < -0.3 is 19.6 Å². The predicted octanol–water partition coefficient (Wildman–Crippen LogP) is 3.23. The van der Waals surface area contributed by atoms with Gasteiger partial charge in [0.05, 0.1) is 11.6 Å². The molecule has 0 unspecified atom stereocenters. The van der Waals surface area contributed by atoms with Crippen LogP contribution in [0.1, 0.15) is 17.2 Å². The van der Waals surface area contributed by atoms with Crippen LogP contribution in [0.25, 0.3) is 5.76 Å². The van der Waals surface area contributed by atoms with E-state index in [1.807, 2.05) is 37.2 Å².